The van der Waals surface area contributed by atoms with E-state index in [1.54, 1.807) is 13.2 Å². The zero-order valence-corrected chi connectivity index (χ0v) is 17.8. The maximum absolute atomic E-state index is 14.0. The van der Waals surface area contributed by atoms with E-state index in [0.29, 0.717) is 18.6 Å². The van der Waals surface area contributed by atoms with Crippen molar-refractivity contribution >= 4 is 32.6 Å². The minimum atomic E-state index is -0.289. The van der Waals surface area contributed by atoms with E-state index in [0.717, 1.165) is 47.9 Å². The molecule has 1 unspecified atom stereocenters. The van der Waals surface area contributed by atoms with Crippen molar-refractivity contribution in [2.24, 2.45) is 5.92 Å². The van der Waals surface area contributed by atoms with Crippen LogP contribution in [0.15, 0.2) is 36.4 Å². The van der Waals surface area contributed by atoms with Crippen LogP contribution in [-0.4, -0.2) is 42.5 Å². The molecule has 2 aromatic carbocycles. The van der Waals surface area contributed by atoms with Gasteiger partial charge in [0, 0.05) is 26.2 Å². The first kappa shape index (κ1) is 19.3. The highest BCUT2D eigenvalue weighted by Gasteiger charge is 2.32. The molecule has 0 bridgehead atoms. The molecule has 1 fully saturated rings. The van der Waals surface area contributed by atoms with Gasteiger partial charge < -0.3 is 14.5 Å². The van der Waals surface area contributed by atoms with Gasteiger partial charge in [-0.2, -0.15) is 0 Å². The predicted octanol–water partition coefficient (Wildman–Crippen LogP) is 4.25. The summed E-state index contributed by atoms with van der Waals surface area (Å²) < 4.78 is 20.2. The Labute approximate surface area is 179 Å². The molecule has 0 aliphatic carbocycles. The van der Waals surface area contributed by atoms with Crippen LogP contribution in [-0.2, 0) is 17.8 Å². The van der Waals surface area contributed by atoms with Crippen LogP contribution < -0.4 is 9.64 Å². The molecule has 7 heteroatoms. The molecule has 3 heterocycles. The van der Waals surface area contributed by atoms with Gasteiger partial charge in [-0.05, 0) is 54.7 Å². The molecule has 1 atom stereocenters. The molecule has 2 aliphatic heterocycles. The summed E-state index contributed by atoms with van der Waals surface area (Å²) in [5.74, 6) is 0.746. The molecule has 5 nitrogen and oxygen atoms in total. The zero-order chi connectivity index (χ0) is 20.7. The maximum Gasteiger partial charge on any atom is 0.227 e. The summed E-state index contributed by atoms with van der Waals surface area (Å²) in [7, 11) is 1.68. The molecule has 0 radical (unpaired) electrons. The first-order chi connectivity index (χ1) is 14.6. The lowest BCUT2D eigenvalue weighted by atomic mass is 9.94. The average molecular weight is 426 g/mol. The molecule has 5 rings (SSSR count). The van der Waals surface area contributed by atoms with Crippen molar-refractivity contribution in [3.63, 3.8) is 0 Å². The number of hydrogen-bond donors (Lipinski definition) is 0. The normalized spacial score (nSPS) is 19.1. The predicted molar refractivity (Wildman–Crippen MR) is 117 cm³/mol. The molecule has 0 spiro atoms. The van der Waals surface area contributed by atoms with Crippen molar-refractivity contribution < 1.29 is 13.9 Å². The summed E-state index contributed by atoms with van der Waals surface area (Å²) in [6.45, 7) is 2.89. The molecule has 1 amide bonds. The average Bonchev–Trinajstić information content (AvgIpc) is 3.24. The topological polar surface area (TPSA) is 45.7 Å². The summed E-state index contributed by atoms with van der Waals surface area (Å²) in [6.07, 6.45) is 2.68. The Bertz CT molecular complexity index is 1100. The summed E-state index contributed by atoms with van der Waals surface area (Å²) in [5, 5.41) is 0.809. The van der Waals surface area contributed by atoms with E-state index in [-0.39, 0.29) is 17.6 Å². The Morgan fingerprint density at radius 1 is 1.23 bits per heavy atom. The Balaban J connectivity index is 1.30. The number of nitrogens with zero attached hydrogens (tertiary/aromatic N) is 3. The van der Waals surface area contributed by atoms with Crippen LogP contribution in [0, 0.1) is 11.7 Å². The standard InChI is InChI=1S/C23H24FN3O2S/c1-29-18-8-7-16-13-26(11-9-15(16)12-18)22(28)17-4-3-10-27(14-17)23-25-21-19(24)5-2-6-20(21)30-23/h2,5-8,12,17H,3-4,9-11,13-14H2,1H3. The number of carbonyl (C=O) groups excluding carboxylic acids is 1. The molecular weight excluding hydrogens is 401 g/mol. The van der Waals surface area contributed by atoms with Gasteiger partial charge in [0.15, 0.2) is 5.13 Å². The lowest BCUT2D eigenvalue weighted by Crippen LogP contribution is -2.46. The summed E-state index contributed by atoms with van der Waals surface area (Å²) >= 11 is 1.50. The maximum atomic E-state index is 14.0. The number of piperidine rings is 1. The van der Waals surface area contributed by atoms with Gasteiger partial charge in [-0.15, -0.1) is 0 Å². The number of para-hydroxylation sites is 1. The molecule has 3 aromatic rings. The van der Waals surface area contributed by atoms with Gasteiger partial charge in [-0.3, -0.25) is 4.79 Å². The zero-order valence-electron chi connectivity index (χ0n) is 16.9. The third kappa shape index (κ3) is 3.51. The molecule has 1 saturated heterocycles. The van der Waals surface area contributed by atoms with Gasteiger partial charge >= 0.3 is 0 Å². The number of methoxy groups -OCH3 is 1. The van der Waals surface area contributed by atoms with Gasteiger partial charge in [0.25, 0.3) is 0 Å². The molecule has 156 valence electrons. The molecular formula is C23H24FN3O2S. The molecule has 1 aromatic heterocycles. The molecule has 0 N–H and O–H groups in total. The number of hydrogen-bond acceptors (Lipinski definition) is 5. The summed E-state index contributed by atoms with van der Waals surface area (Å²) in [6, 6.07) is 11.2. The van der Waals surface area contributed by atoms with Gasteiger partial charge in [0.2, 0.25) is 5.91 Å². The Hall–Kier alpha value is -2.67. The number of aromatic nitrogens is 1. The summed E-state index contributed by atoms with van der Waals surface area (Å²) in [5.41, 5.74) is 2.89. The van der Waals surface area contributed by atoms with Crippen LogP contribution in [0.3, 0.4) is 0 Å². The third-order valence-electron chi connectivity index (χ3n) is 6.14. The molecule has 30 heavy (non-hydrogen) atoms. The van der Waals surface area contributed by atoms with Crippen molar-refractivity contribution in [1.82, 2.24) is 9.88 Å². The smallest absolute Gasteiger partial charge is 0.227 e. The first-order valence-corrected chi connectivity index (χ1v) is 11.2. The highest BCUT2D eigenvalue weighted by atomic mass is 32.1. The number of rotatable bonds is 3. The highest BCUT2D eigenvalue weighted by Crippen LogP contribution is 2.33. The van der Waals surface area contributed by atoms with Crippen molar-refractivity contribution in [1.29, 1.82) is 0 Å². The van der Waals surface area contributed by atoms with Crippen molar-refractivity contribution in [2.75, 3.05) is 31.6 Å². The van der Waals surface area contributed by atoms with Gasteiger partial charge in [-0.25, -0.2) is 9.37 Å². The highest BCUT2D eigenvalue weighted by molar-refractivity contribution is 7.22. The first-order valence-electron chi connectivity index (χ1n) is 10.4. The Morgan fingerprint density at radius 2 is 2.13 bits per heavy atom. The molecule has 0 saturated carbocycles. The number of thiazole rings is 1. The fourth-order valence-electron chi connectivity index (χ4n) is 4.49. The van der Waals surface area contributed by atoms with E-state index in [1.165, 1.54) is 28.5 Å². The number of carbonyl (C=O) groups is 1. The van der Waals surface area contributed by atoms with E-state index >= 15 is 0 Å². The number of ether oxygens (including phenoxy) is 1. The van der Waals surface area contributed by atoms with Gasteiger partial charge in [0.1, 0.15) is 17.1 Å². The van der Waals surface area contributed by atoms with Crippen LogP contribution in [0.1, 0.15) is 24.0 Å². The lowest BCUT2D eigenvalue weighted by molar-refractivity contribution is -0.136. The van der Waals surface area contributed by atoms with Crippen LogP contribution in [0.4, 0.5) is 9.52 Å². The quantitative estimate of drug-likeness (QED) is 0.630. The number of benzene rings is 2. The van der Waals surface area contributed by atoms with Crippen molar-refractivity contribution in [2.45, 2.75) is 25.8 Å². The Kier molecular flexibility index (Phi) is 5.06. The minimum absolute atomic E-state index is 0.0459. The second-order valence-corrected chi connectivity index (χ2v) is 9.02. The van der Waals surface area contributed by atoms with Crippen LogP contribution in [0.2, 0.25) is 0 Å². The van der Waals surface area contributed by atoms with Crippen LogP contribution >= 0.6 is 11.3 Å². The molecule has 2 aliphatic rings. The second-order valence-electron chi connectivity index (χ2n) is 8.01. The fraction of sp³-hybridized carbons (Fsp3) is 0.391. The second kappa shape index (κ2) is 7.87. The van der Waals surface area contributed by atoms with Crippen molar-refractivity contribution in [3.8, 4) is 5.75 Å². The van der Waals surface area contributed by atoms with E-state index in [4.69, 9.17) is 4.74 Å². The van der Waals surface area contributed by atoms with Gasteiger partial charge in [0.05, 0.1) is 17.7 Å². The van der Waals surface area contributed by atoms with E-state index < -0.39 is 0 Å². The van der Waals surface area contributed by atoms with E-state index in [1.807, 2.05) is 17.0 Å². The van der Waals surface area contributed by atoms with E-state index in [2.05, 4.69) is 22.0 Å². The monoisotopic (exact) mass is 425 g/mol. The largest absolute Gasteiger partial charge is 0.497 e. The van der Waals surface area contributed by atoms with Crippen LogP contribution in [0.5, 0.6) is 5.75 Å². The fourth-order valence-corrected chi connectivity index (χ4v) is 5.51. The minimum Gasteiger partial charge on any atom is -0.497 e. The number of fused-ring (bicyclic) bond motifs is 2. The number of amides is 1. The SMILES string of the molecule is COc1ccc2c(c1)CCN(C(=O)C1CCCN(c3nc4c(F)cccc4s3)C1)C2. The lowest BCUT2D eigenvalue weighted by Gasteiger charge is -2.36. The number of anilines is 1. The Morgan fingerprint density at radius 3 is 2.97 bits per heavy atom. The summed E-state index contributed by atoms with van der Waals surface area (Å²) in [4.78, 5) is 21.9. The van der Waals surface area contributed by atoms with Gasteiger partial charge in [-0.1, -0.05) is 23.5 Å². The van der Waals surface area contributed by atoms with E-state index in [9.17, 15) is 9.18 Å². The third-order valence-corrected chi connectivity index (χ3v) is 7.22. The number of halogens is 1. The van der Waals surface area contributed by atoms with Crippen LogP contribution in [0.25, 0.3) is 10.2 Å². The van der Waals surface area contributed by atoms with Crippen molar-refractivity contribution in [3.05, 3.63) is 53.3 Å².